The predicted octanol–water partition coefficient (Wildman–Crippen LogP) is 2.26. The highest BCUT2D eigenvalue weighted by Crippen LogP contribution is 2.33. The Bertz CT molecular complexity index is 1670. The number of imide groups is 2. The van der Waals surface area contributed by atoms with E-state index in [1.807, 2.05) is 18.2 Å². The molecule has 12 heteroatoms. The number of piperazine rings is 1. The number of hydrogen-bond donors (Lipinski definition) is 3. The van der Waals surface area contributed by atoms with Crippen molar-refractivity contribution >= 4 is 40.9 Å². The fraction of sp³-hybridized carbons (Fsp3) is 0.281. The molecule has 0 spiro atoms. The van der Waals surface area contributed by atoms with Gasteiger partial charge in [0.25, 0.3) is 11.8 Å². The number of carbonyl (C=O) groups is 5. The Morgan fingerprint density at radius 2 is 1.70 bits per heavy atom. The number of carbonyl (C=O) groups excluding carboxylic acids is 5. The van der Waals surface area contributed by atoms with Crippen molar-refractivity contribution in [3.63, 3.8) is 0 Å². The molecule has 0 aromatic heterocycles. The van der Waals surface area contributed by atoms with Crippen LogP contribution >= 0.6 is 0 Å². The second-order valence-electron chi connectivity index (χ2n) is 11.1. The molecule has 0 bridgehead atoms. The number of amides is 5. The van der Waals surface area contributed by atoms with Gasteiger partial charge in [0, 0.05) is 68.2 Å². The summed E-state index contributed by atoms with van der Waals surface area (Å²) in [4.78, 5) is 67.0. The summed E-state index contributed by atoms with van der Waals surface area (Å²) in [5.41, 5.74) is 8.71. The zero-order valence-electron chi connectivity index (χ0n) is 23.8. The number of benzene rings is 3. The molecule has 5 amide bonds. The van der Waals surface area contributed by atoms with E-state index >= 15 is 4.39 Å². The third-order valence-corrected chi connectivity index (χ3v) is 8.35. The summed E-state index contributed by atoms with van der Waals surface area (Å²) in [5, 5.41) is 5.28. The van der Waals surface area contributed by atoms with Gasteiger partial charge in [0.05, 0.1) is 11.1 Å². The lowest BCUT2D eigenvalue weighted by Crippen LogP contribution is -2.54. The molecule has 3 aromatic carbocycles. The van der Waals surface area contributed by atoms with Gasteiger partial charge in [0.1, 0.15) is 11.9 Å². The highest BCUT2D eigenvalue weighted by Gasteiger charge is 2.45. The lowest BCUT2D eigenvalue weighted by molar-refractivity contribution is -0.136. The molecule has 2 saturated heterocycles. The Kier molecular flexibility index (Phi) is 7.83. The first-order chi connectivity index (χ1) is 21.2. The maximum Gasteiger partial charge on any atom is 0.264 e. The van der Waals surface area contributed by atoms with Crippen molar-refractivity contribution in [2.45, 2.75) is 32.0 Å². The van der Waals surface area contributed by atoms with Crippen LogP contribution in [0.5, 0.6) is 0 Å². The Morgan fingerprint density at radius 1 is 0.955 bits per heavy atom. The number of primary amides is 1. The number of hydrogen-bond acceptors (Lipinski definition) is 8. The summed E-state index contributed by atoms with van der Waals surface area (Å²) < 4.78 is 15.2. The number of piperidine rings is 1. The molecule has 6 rings (SSSR count). The Labute approximate surface area is 252 Å². The molecule has 11 nitrogen and oxygen atoms in total. The van der Waals surface area contributed by atoms with E-state index in [0.717, 1.165) is 42.3 Å². The summed E-state index contributed by atoms with van der Waals surface area (Å²) >= 11 is 0. The van der Waals surface area contributed by atoms with Crippen molar-refractivity contribution in [2.75, 3.05) is 36.4 Å². The van der Waals surface area contributed by atoms with E-state index in [-0.39, 0.29) is 36.3 Å². The van der Waals surface area contributed by atoms with Gasteiger partial charge in [-0.05, 0) is 54.4 Å². The molecule has 1 atom stereocenters. The zero-order valence-corrected chi connectivity index (χ0v) is 23.8. The number of halogens is 1. The predicted molar refractivity (Wildman–Crippen MR) is 159 cm³/mol. The minimum absolute atomic E-state index is 0.0362. The van der Waals surface area contributed by atoms with Crippen LogP contribution in [0.25, 0.3) is 0 Å². The van der Waals surface area contributed by atoms with Crippen LogP contribution in [0.3, 0.4) is 0 Å². The molecule has 0 saturated carbocycles. The maximum absolute atomic E-state index is 15.2. The van der Waals surface area contributed by atoms with Gasteiger partial charge in [-0.15, -0.1) is 0 Å². The summed E-state index contributed by atoms with van der Waals surface area (Å²) in [7, 11) is 0. The molecule has 3 aromatic rings. The molecule has 4 N–H and O–H groups in total. The highest BCUT2D eigenvalue weighted by atomic mass is 19.1. The molecular weight excluding hydrogens is 567 g/mol. The second kappa shape index (κ2) is 11.9. The van der Waals surface area contributed by atoms with Gasteiger partial charge in [-0.2, -0.15) is 0 Å². The number of anilines is 2. The fourth-order valence-corrected chi connectivity index (χ4v) is 5.94. The summed E-state index contributed by atoms with van der Waals surface area (Å²) in [6, 6.07) is 16.0. The molecule has 3 aliphatic rings. The second-order valence-corrected chi connectivity index (χ2v) is 11.1. The smallest absolute Gasteiger partial charge is 0.264 e. The lowest BCUT2D eigenvalue weighted by Gasteiger charge is -2.36. The number of nitrogens with zero attached hydrogens (tertiary/aromatic N) is 3. The van der Waals surface area contributed by atoms with Crippen molar-refractivity contribution < 1.29 is 28.4 Å². The van der Waals surface area contributed by atoms with Gasteiger partial charge in [0.15, 0.2) is 0 Å². The summed E-state index contributed by atoms with van der Waals surface area (Å²) in [6.45, 7) is 3.86. The summed E-state index contributed by atoms with van der Waals surface area (Å²) in [5.74, 6) is -3.18. The molecule has 226 valence electrons. The lowest BCUT2D eigenvalue weighted by atomic mass is 10.0. The minimum Gasteiger partial charge on any atom is -0.380 e. The van der Waals surface area contributed by atoms with Crippen LogP contribution in [-0.4, -0.2) is 71.6 Å². The normalized spacial score (nSPS) is 18.8. The molecule has 0 aliphatic carbocycles. The van der Waals surface area contributed by atoms with Crippen LogP contribution in [-0.2, 0) is 22.7 Å². The van der Waals surface area contributed by atoms with Crippen LogP contribution < -0.4 is 21.3 Å². The van der Waals surface area contributed by atoms with E-state index in [9.17, 15) is 24.0 Å². The molecule has 1 unspecified atom stereocenters. The quantitative estimate of drug-likeness (QED) is 0.335. The van der Waals surface area contributed by atoms with Gasteiger partial charge in [-0.25, -0.2) is 4.39 Å². The van der Waals surface area contributed by atoms with Gasteiger partial charge in [0.2, 0.25) is 17.7 Å². The van der Waals surface area contributed by atoms with E-state index < -0.39 is 35.6 Å². The number of fused-ring (bicyclic) bond motifs is 1. The monoisotopic (exact) mass is 598 g/mol. The maximum atomic E-state index is 15.2. The largest absolute Gasteiger partial charge is 0.380 e. The van der Waals surface area contributed by atoms with E-state index in [4.69, 9.17) is 5.73 Å². The van der Waals surface area contributed by atoms with Gasteiger partial charge < -0.3 is 16.0 Å². The third-order valence-electron chi connectivity index (χ3n) is 8.35. The fourth-order valence-electron chi connectivity index (χ4n) is 5.94. The van der Waals surface area contributed by atoms with Crippen molar-refractivity contribution in [2.24, 2.45) is 5.73 Å². The Hall–Kier alpha value is -5.10. The van der Waals surface area contributed by atoms with E-state index in [0.29, 0.717) is 23.4 Å². The van der Waals surface area contributed by atoms with Crippen molar-refractivity contribution in [1.82, 2.24) is 15.1 Å². The topological polar surface area (TPSA) is 145 Å². The molecule has 3 heterocycles. The van der Waals surface area contributed by atoms with Crippen LogP contribution in [0, 0.1) is 5.82 Å². The van der Waals surface area contributed by atoms with Crippen molar-refractivity contribution in [1.29, 1.82) is 0 Å². The first kappa shape index (κ1) is 29.0. The Morgan fingerprint density at radius 3 is 2.39 bits per heavy atom. The van der Waals surface area contributed by atoms with Crippen molar-refractivity contribution in [3.8, 4) is 0 Å². The molecular formula is C32H31FN6O5. The van der Waals surface area contributed by atoms with E-state index in [2.05, 4.69) is 20.4 Å². The van der Waals surface area contributed by atoms with Gasteiger partial charge in [-0.3, -0.25) is 39.1 Å². The van der Waals surface area contributed by atoms with Crippen molar-refractivity contribution in [3.05, 3.63) is 94.3 Å². The third kappa shape index (κ3) is 5.63. The average molecular weight is 599 g/mol. The zero-order chi connectivity index (χ0) is 31.0. The summed E-state index contributed by atoms with van der Waals surface area (Å²) in [6.07, 6.45) is 0.104. The van der Waals surface area contributed by atoms with Gasteiger partial charge in [-0.1, -0.05) is 18.2 Å². The SMILES string of the molecule is NC(=O)c1ccc(N2CCN(Cc3ccc(CNc4cccc5c4C(=O)N(C4CCC(=O)NC4=O)C5=O)c(F)c3)CC2)cc1. The Balaban J connectivity index is 1.06. The number of nitrogens with one attached hydrogen (secondary N) is 2. The first-order valence-corrected chi connectivity index (χ1v) is 14.4. The molecule has 2 fully saturated rings. The average Bonchev–Trinajstić information content (AvgIpc) is 3.27. The highest BCUT2D eigenvalue weighted by molar-refractivity contribution is 6.25. The van der Waals surface area contributed by atoms with Crippen LogP contribution in [0.15, 0.2) is 60.7 Å². The van der Waals surface area contributed by atoms with Crippen LogP contribution in [0.1, 0.15) is 55.0 Å². The molecule has 44 heavy (non-hydrogen) atoms. The van der Waals surface area contributed by atoms with E-state index in [1.54, 1.807) is 30.3 Å². The molecule has 3 aliphatic heterocycles. The first-order valence-electron chi connectivity index (χ1n) is 14.4. The number of nitrogens with two attached hydrogens (primary N) is 1. The minimum atomic E-state index is -1.06. The molecule has 0 radical (unpaired) electrons. The van der Waals surface area contributed by atoms with Crippen LogP contribution in [0.2, 0.25) is 0 Å². The number of rotatable bonds is 8. The van der Waals surface area contributed by atoms with E-state index in [1.165, 1.54) is 12.1 Å². The van der Waals surface area contributed by atoms with Gasteiger partial charge >= 0.3 is 0 Å². The van der Waals surface area contributed by atoms with Crippen LogP contribution in [0.4, 0.5) is 15.8 Å². The standard InChI is InChI=1S/C32H31FN6O5/c33-24-16-19(18-37-12-14-38(15-13-37)22-8-6-20(7-9-22)29(34)41)4-5-21(24)17-35-25-3-1-2-23-28(25)32(44)39(31(23)43)26-10-11-27(40)36-30(26)42/h1-9,16,26,35H,10-15,17-18H2,(H2,34,41)(H,36,40,42).